The average molecular weight is 187 g/mol. The maximum atomic E-state index is 5.39. The van der Waals surface area contributed by atoms with Gasteiger partial charge in [-0.05, 0) is 25.9 Å². The van der Waals surface area contributed by atoms with E-state index in [-0.39, 0.29) is 0 Å². The normalized spacial score (nSPS) is 11.1. The fourth-order valence-corrected chi connectivity index (χ4v) is 1.43. The van der Waals surface area contributed by atoms with E-state index in [0.29, 0.717) is 0 Å². The van der Waals surface area contributed by atoms with Crippen LogP contribution in [0.15, 0.2) is 0 Å². The van der Waals surface area contributed by atoms with Crippen molar-refractivity contribution in [3.05, 3.63) is 0 Å². The van der Waals surface area contributed by atoms with Crippen LogP contribution in [0.3, 0.4) is 0 Å². The summed E-state index contributed by atoms with van der Waals surface area (Å²) in [6, 6.07) is 0. The summed E-state index contributed by atoms with van der Waals surface area (Å²) in [6.07, 6.45) is 2.49. The lowest BCUT2D eigenvalue weighted by molar-refractivity contribution is 0.274. The molecule has 0 bridgehead atoms. The molecule has 0 radical (unpaired) electrons. The molecule has 3 heteroatoms. The van der Waals surface area contributed by atoms with E-state index in [1.165, 1.54) is 25.9 Å². The van der Waals surface area contributed by atoms with E-state index in [1.807, 2.05) is 0 Å². The molecule has 0 fully saturated rings. The third kappa shape index (κ3) is 8.22. The van der Waals surface area contributed by atoms with E-state index < -0.39 is 0 Å². The summed E-state index contributed by atoms with van der Waals surface area (Å²) < 4.78 is 0. The highest BCUT2D eigenvalue weighted by Gasteiger charge is 2.00. The van der Waals surface area contributed by atoms with Crippen molar-refractivity contribution in [2.24, 2.45) is 5.73 Å². The van der Waals surface area contributed by atoms with Gasteiger partial charge >= 0.3 is 0 Å². The first-order valence-corrected chi connectivity index (χ1v) is 5.48. The van der Waals surface area contributed by atoms with Gasteiger partial charge in [0.15, 0.2) is 0 Å². The zero-order valence-electron chi connectivity index (χ0n) is 9.18. The van der Waals surface area contributed by atoms with Crippen LogP contribution in [0.1, 0.15) is 26.7 Å². The number of nitrogens with zero attached hydrogens (tertiary/aromatic N) is 1. The number of nitrogens with one attached hydrogen (secondary N) is 1. The minimum absolute atomic E-state index is 0.738. The van der Waals surface area contributed by atoms with Crippen LogP contribution in [-0.4, -0.2) is 44.2 Å². The SMILES string of the molecule is CCCN(CCC)CCNCCN. The van der Waals surface area contributed by atoms with Crippen LogP contribution in [0.25, 0.3) is 0 Å². The summed E-state index contributed by atoms with van der Waals surface area (Å²) in [6.45, 7) is 10.8. The highest BCUT2D eigenvalue weighted by Crippen LogP contribution is 1.92. The molecule has 0 amide bonds. The lowest BCUT2D eigenvalue weighted by Gasteiger charge is -2.20. The summed E-state index contributed by atoms with van der Waals surface area (Å²) in [5.41, 5.74) is 5.39. The zero-order chi connectivity index (χ0) is 9.94. The Balaban J connectivity index is 3.33. The molecule has 3 nitrogen and oxygen atoms in total. The van der Waals surface area contributed by atoms with Gasteiger partial charge in [-0.25, -0.2) is 0 Å². The molecule has 0 saturated carbocycles. The van der Waals surface area contributed by atoms with Crippen LogP contribution in [0.2, 0.25) is 0 Å². The first-order chi connectivity index (χ1) is 6.35. The van der Waals surface area contributed by atoms with Crippen LogP contribution in [0.5, 0.6) is 0 Å². The van der Waals surface area contributed by atoms with Crippen molar-refractivity contribution < 1.29 is 0 Å². The van der Waals surface area contributed by atoms with Crippen LogP contribution >= 0.6 is 0 Å². The van der Waals surface area contributed by atoms with E-state index in [0.717, 1.165) is 26.2 Å². The smallest absolute Gasteiger partial charge is 0.0107 e. The fourth-order valence-electron chi connectivity index (χ4n) is 1.43. The molecule has 0 rings (SSSR count). The Morgan fingerprint density at radius 1 is 1.00 bits per heavy atom. The Morgan fingerprint density at radius 3 is 2.08 bits per heavy atom. The van der Waals surface area contributed by atoms with Gasteiger partial charge < -0.3 is 16.0 Å². The maximum Gasteiger partial charge on any atom is 0.0107 e. The molecular weight excluding hydrogens is 162 g/mol. The maximum absolute atomic E-state index is 5.39. The molecule has 0 aromatic rings. The van der Waals surface area contributed by atoms with Crippen molar-refractivity contribution in [1.29, 1.82) is 0 Å². The Labute approximate surface area is 82.7 Å². The second-order valence-electron chi connectivity index (χ2n) is 3.38. The van der Waals surface area contributed by atoms with Crippen molar-refractivity contribution in [1.82, 2.24) is 10.2 Å². The van der Waals surface area contributed by atoms with E-state index in [1.54, 1.807) is 0 Å². The second-order valence-corrected chi connectivity index (χ2v) is 3.38. The van der Waals surface area contributed by atoms with Gasteiger partial charge in [0.05, 0.1) is 0 Å². The first-order valence-electron chi connectivity index (χ1n) is 5.48. The minimum Gasteiger partial charge on any atom is -0.329 e. The fraction of sp³-hybridized carbons (Fsp3) is 1.00. The van der Waals surface area contributed by atoms with E-state index in [2.05, 4.69) is 24.1 Å². The summed E-state index contributed by atoms with van der Waals surface area (Å²) in [5.74, 6) is 0. The standard InChI is InChI=1S/C10H25N3/c1-3-8-13(9-4-2)10-7-12-6-5-11/h12H,3-11H2,1-2H3. The molecule has 0 saturated heterocycles. The van der Waals surface area contributed by atoms with Gasteiger partial charge in [0, 0.05) is 26.2 Å². The molecule has 0 unspecified atom stereocenters. The molecule has 0 heterocycles. The van der Waals surface area contributed by atoms with Gasteiger partial charge in [-0.1, -0.05) is 13.8 Å². The molecule has 0 aliphatic rings. The lowest BCUT2D eigenvalue weighted by Crippen LogP contribution is -2.35. The Bertz CT molecular complexity index is 90.2. The third-order valence-electron chi connectivity index (χ3n) is 2.01. The topological polar surface area (TPSA) is 41.3 Å². The van der Waals surface area contributed by atoms with Crippen LogP contribution in [0, 0.1) is 0 Å². The van der Waals surface area contributed by atoms with Gasteiger partial charge in [-0.2, -0.15) is 0 Å². The minimum atomic E-state index is 0.738. The zero-order valence-corrected chi connectivity index (χ0v) is 9.18. The van der Waals surface area contributed by atoms with E-state index in [4.69, 9.17) is 5.73 Å². The van der Waals surface area contributed by atoms with Gasteiger partial charge in [0.2, 0.25) is 0 Å². The van der Waals surface area contributed by atoms with Gasteiger partial charge in [0.1, 0.15) is 0 Å². The lowest BCUT2D eigenvalue weighted by atomic mass is 10.3. The van der Waals surface area contributed by atoms with Crippen LogP contribution < -0.4 is 11.1 Å². The molecular formula is C10H25N3. The van der Waals surface area contributed by atoms with Crippen molar-refractivity contribution in [3.8, 4) is 0 Å². The van der Waals surface area contributed by atoms with Crippen molar-refractivity contribution in [2.45, 2.75) is 26.7 Å². The first kappa shape index (κ1) is 12.9. The van der Waals surface area contributed by atoms with Gasteiger partial charge in [-0.15, -0.1) is 0 Å². The predicted octanol–water partition coefficient (Wildman–Crippen LogP) is 0.657. The number of hydrogen-bond donors (Lipinski definition) is 2. The summed E-state index contributed by atoms with van der Waals surface area (Å²) >= 11 is 0. The molecule has 0 aliphatic heterocycles. The summed E-state index contributed by atoms with van der Waals surface area (Å²) in [4.78, 5) is 2.50. The van der Waals surface area contributed by atoms with Crippen molar-refractivity contribution in [3.63, 3.8) is 0 Å². The largest absolute Gasteiger partial charge is 0.329 e. The molecule has 0 aromatic carbocycles. The molecule has 0 spiro atoms. The Hall–Kier alpha value is -0.120. The predicted molar refractivity (Wildman–Crippen MR) is 58.9 cm³/mol. The Kier molecular flexibility index (Phi) is 9.87. The van der Waals surface area contributed by atoms with Gasteiger partial charge in [-0.3, -0.25) is 0 Å². The summed E-state index contributed by atoms with van der Waals surface area (Å²) in [7, 11) is 0. The molecule has 80 valence electrons. The highest BCUT2D eigenvalue weighted by atomic mass is 15.1. The molecule has 0 aromatic heterocycles. The quantitative estimate of drug-likeness (QED) is 0.521. The van der Waals surface area contributed by atoms with Gasteiger partial charge in [0.25, 0.3) is 0 Å². The van der Waals surface area contributed by atoms with E-state index in [9.17, 15) is 0 Å². The van der Waals surface area contributed by atoms with Crippen molar-refractivity contribution >= 4 is 0 Å². The van der Waals surface area contributed by atoms with Crippen molar-refractivity contribution in [2.75, 3.05) is 39.3 Å². The molecule has 13 heavy (non-hydrogen) atoms. The summed E-state index contributed by atoms with van der Waals surface area (Å²) in [5, 5.41) is 3.32. The average Bonchev–Trinajstić information content (AvgIpc) is 2.13. The van der Waals surface area contributed by atoms with Crippen LogP contribution in [0.4, 0.5) is 0 Å². The Morgan fingerprint density at radius 2 is 1.62 bits per heavy atom. The van der Waals surface area contributed by atoms with E-state index >= 15 is 0 Å². The number of rotatable bonds is 9. The molecule has 0 aliphatic carbocycles. The molecule has 3 N–H and O–H groups in total. The highest BCUT2D eigenvalue weighted by molar-refractivity contribution is 4.58. The van der Waals surface area contributed by atoms with Crippen LogP contribution in [-0.2, 0) is 0 Å². The third-order valence-corrected chi connectivity index (χ3v) is 2.01. The second kappa shape index (κ2) is 9.96. The number of hydrogen-bond acceptors (Lipinski definition) is 3. The number of nitrogens with two attached hydrogens (primary N) is 1. The monoisotopic (exact) mass is 187 g/mol. The molecule has 0 atom stereocenters.